The number of benzene rings is 2. The number of hydrogen-bond acceptors (Lipinski definition) is 4. The standard InChI is InChI=1S/C23H24N2O4/c26-21(27)23(11-13-25-12-5-10-20(23)25)24-22(28)29-14-19-17-8-3-1-6-15(17)16-7-2-4-9-18(16)19/h1-4,6-9,19-20H,5,10-14H2,(H,24,28)(H,26,27). The Morgan fingerprint density at radius 3 is 2.38 bits per heavy atom. The zero-order valence-electron chi connectivity index (χ0n) is 16.1. The predicted octanol–water partition coefficient (Wildman–Crippen LogP) is 3.22. The summed E-state index contributed by atoms with van der Waals surface area (Å²) in [6, 6.07) is 16.1. The molecule has 3 aliphatic rings. The quantitative estimate of drug-likeness (QED) is 0.835. The summed E-state index contributed by atoms with van der Waals surface area (Å²) in [5.41, 5.74) is 3.35. The van der Waals surface area contributed by atoms with Crippen molar-refractivity contribution in [3.63, 3.8) is 0 Å². The number of fused-ring (bicyclic) bond motifs is 4. The molecule has 2 heterocycles. The number of hydrogen-bond donors (Lipinski definition) is 2. The highest BCUT2D eigenvalue weighted by molar-refractivity contribution is 5.86. The first-order valence-corrected chi connectivity index (χ1v) is 10.2. The van der Waals surface area contributed by atoms with E-state index in [0.29, 0.717) is 13.0 Å². The summed E-state index contributed by atoms with van der Waals surface area (Å²) in [6.07, 6.45) is 1.52. The lowest BCUT2D eigenvalue weighted by atomic mass is 9.89. The maximum atomic E-state index is 12.7. The van der Waals surface area contributed by atoms with Gasteiger partial charge in [-0.25, -0.2) is 9.59 Å². The van der Waals surface area contributed by atoms with Crippen molar-refractivity contribution in [1.29, 1.82) is 0 Å². The molecule has 150 valence electrons. The number of carboxylic acid groups (broad SMARTS) is 1. The van der Waals surface area contributed by atoms with E-state index in [0.717, 1.165) is 41.6 Å². The first-order valence-electron chi connectivity index (χ1n) is 10.2. The Hall–Kier alpha value is -2.86. The van der Waals surface area contributed by atoms with Gasteiger partial charge in [-0.15, -0.1) is 0 Å². The first kappa shape index (κ1) is 18.2. The van der Waals surface area contributed by atoms with E-state index in [1.165, 1.54) is 0 Å². The summed E-state index contributed by atoms with van der Waals surface area (Å²) in [6.45, 7) is 1.77. The minimum Gasteiger partial charge on any atom is -0.479 e. The van der Waals surface area contributed by atoms with Gasteiger partial charge in [0, 0.05) is 18.5 Å². The van der Waals surface area contributed by atoms with Gasteiger partial charge in [0.25, 0.3) is 0 Å². The van der Waals surface area contributed by atoms with Gasteiger partial charge in [0.15, 0.2) is 5.54 Å². The predicted molar refractivity (Wildman–Crippen MR) is 108 cm³/mol. The number of carbonyl (C=O) groups excluding carboxylic acids is 1. The molecule has 2 N–H and O–H groups in total. The van der Waals surface area contributed by atoms with E-state index in [1.807, 2.05) is 24.3 Å². The Labute approximate surface area is 169 Å². The molecule has 2 unspecified atom stereocenters. The van der Waals surface area contributed by atoms with Crippen molar-refractivity contribution in [2.24, 2.45) is 0 Å². The van der Waals surface area contributed by atoms with E-state index >= 15 is 0 Å². The lowest BCUT2D eigenvalue weighted by Gasteiger charge is -2.31. The monoisotopic (exact) mass is 392 g/mol. The van der Waals surface area contributed by atoms with Gasteiger partial charge in [-0.05, 0) is 48.1 Å². The van der Waals surface area contributed by atoms with Gasteiger partial charge in [-0.1, -0.05) is 48.5 Å². The van der Waals surface area contributed by atoms with Crippen LogP contribution in [0.2, 0.25) is 0 Å². The molecule has 0 radical (unpaired) electrons. The Balaban J connectivity index is 1.33. The molecule has 2 aromatic carbocycles. The van der Waals surface area contributed by atoms with Crippen LogP contribution >= 0.6 is 0 Å². The third-order valence-corrected chi connectivity index (χ3v) is 6.78. The minimum atomic E-state index is -1.25. The number of ether oxygens (including phenoxy) is 1. The highest BCUT2D eigenvalue weighted by Crippen LogP contribution is 2.44. The summed E-state index contributed by atoms with van der Waals surface area (Å²) in [7, 11) is 0. The van der Waals surface area contributed by atoms with Crippen molar-refractivity contribution in [3.8, 4) is 11.1 Å². The molecule has 2 aliphatic heterocycles. The number of alkyl carbamates (subject to hydrolysis) is 1. The zero-order chi connectivity index (χ0) is 20.0. The van der Waals surface area contributed by atoms with Crippen LogP contribution in [-0.2, 0) is 9.53 Å². The summed E-state index contributed by atoms with van der Waals surface area (Å²) in [4.78, 5) is 26.9. The van der Waals surface area contributed by atoms with E-state index in [-0.39, 0.29) is 18.6 Å². The summed E-state index contributed by atoms with van der Waals surface area (Å²) >= 11 is 0. The largest absolute Gasteiger partial charge is 0.479 e. The number of nitrogens with one attached hydrogen (secondary N) is 1. The van der Waals surface area contributed by atoms with Gasteiger partial charge < -0.3 is 15.2 Å². The number of carboxylic acids is 1. The molecule has 1 aliphatic carbocycles. The summed E-state index contributed by atoms with van der Waals surface area (Å²) in [5.74, 6) is -1.01. The molecule has 0 saturated carbocycles. The smallest absolute Gasteiger partial charge is 0.408 e. The van der Waals surface area contributed by atoms with Gasteiger partial charge in [-0.2, -0.15) is 0 Å². The Bertz CT molecular complexity index is 929. The maximum absolute atomic E-state index is 12.7. The van der Waals surface area contributed by atoms with E-state index in [4.69, 9.17) is 4.74 Å². The summed E-state index contributed by atoms with van der Waals surface area (Å²) < 4.78 is 5.59. The molecule has 6 nitrogen and oxygen atoms in total. The molecule has 2 fully saturated rings. The van der Waals surface area contributed by atoms with Crippen LogP contribution in [0, 0.1) is 0 Å². The number of amides is 1. The van der Waals surface area contributed by atoms with Crippen LogP contribution in [0.4, 0.5) is 4.79 Å². The van der Waals surface area contributed by atoms with Crippen LogP contribution in [-0.4, -0.2) is 53.3 Å². The molecule has 6 heteroatoms. The van der Waals surface area contributed by atoms with Crippen LogP contribution in [0.25, 0.3) is 11.1 Å². The molecule has 0 aromatic heterocycles. The lowest BCUT2D eigenvalue weighted by molar-refractivity contribution is -0.145. The molecule has 2 aromatic rings. The Morgan fingerprint density at radius 2 is 1.72 bits per heavy atom. The molecule has 0 spiro atoms. The number of carbonyl (C=O) groups is 2. The first-order chi connectivity index (χ1) is 14.1. The van der Waals surface area contributed by atoms with Gasteiger partial charge in [0.1, 0.15) is 6.61 Å². The molecule has 29 heavy (non-hydrogen) atoms. The zero-order valence-corrected chi connectivity index (χ0v) is 16.1. The van der Waals surface area contributed by atoms with Crippen molar-refractivity contribution in [2.45, 2.75) is 36.8 Å². The molecule has 2 saturated heterocycles. The Morgan fingerprint density at radius 1 is 1.07 bits per heavy atom. The fourth-order valence-electron chi connectivity index (χ4n) is 5.40. The van der Waals surface area contributed by atoms with Gasteiger partial charge in [-0.3, -0.25) is 4.90 Å². The van der Waals surface area contributed by atoms with Crippen molar-refractivity contribution >= 4 is 12.1 Å². The number of nitrogens with zero attached hydrogens (tertiary/aromatic N) is 1. The molecular formula is C23H24N2O4. The average molecular weight is 392 g/mol. The molecular weight excluding hydrogens is 368 g/mol. The normalized spacial score (nSPS) is 25.3. The fraction of sp³-hybridized carbons (Fsp3) is 0.391. The van der Waals surface area contributed by atoms with Gasteiger partial charge >= 0.3 is 12.1 Å². The average Bonchev–Trinajstić information content (AvgIpc) is 3.41. The summed E-state index contributed by atoms with van der Waals surface area (Å²) in [5, 5.41) is 12.6. The molecule has 0 bridgehead atoms. The van der Waals surface area contributed by atoms with Crippen LogP contribution in [0.5, 0.6) is 0 Å². The van der Waals surface area contributed by atoms with Crippen molar-refractivity contribution in [2.75, 3.05) is 19.7 Å². The second-order valence-electron chi connectivity index (χ2n) is 8.17. The van der Waals surface area contributed by atoms with E-state index in [9.17, 15) is 14.7 Å². The van der Waals surface area contributed by atoms with Crippen molar-refractivity contribution < 1.29 is 19.4 Å². The van der Waals surface area contributed by atoms with Gasteiger partial charge in [0.05, 0.1) is 0 Å². The highest BCUT2D eigenvalue weighted by Gasteiger charge is 2.55. The second kappa shape index (κ2) is 6.88. The molecule has 5 rings (SSSR count). The highest BCUT2D eigenvalue weighted by atomic mass is 16.5. The molecule has 2 atom stereocenters. The van der Waals surface area contributed by atoms with Crippen LogP contribution in [0.1, 0.15) is 36.3 Å². The van der Waals surface area contributed by atoms with Crippen LogP contribution in [0.15, 0.2) is 48.5 Å². The third-order valence-electron chi connectivity index (χ3n) is 6.78. The van der Waals surface area contributed by atoms with Crippen LogP contribution in [0.3, 0.4) is 0 Å². The number of aliphatic carboxylic acids is 1. The fourth-order valence-corrected chi connectivity index (χ4v) is 5.40. The third kappa shape index (κ3) is 2.82. The van der Waals surface area contributed by atoms with Gasteiger partial charge in [0.2, 0.25) is 0 Å². The topological polar surface area (TPSA) is 78.9 Å². The van der Waals surface area contributed by atoms with E-state index in [2.05, 4.69) is 34.5 Å². The van der Waals surface area contributed by atoms with E-state index in [1.54, 1.807) is 0 Å². The Kier molecular flexibility index (Phi) is 4.32. The van der Waals surface area contributed by atoms with Crippen LogP contribution < -0.4 is 5.32 Å². The van der Waals surface area contributed by atoms with Crippen molar-refractivity contribution in [3.05, 3.63) is 59.7 Å². The van der Waals surface area contributed by atoms with Crippen molar-refractivity contribution in [1.82, 2.24) is 10.2 Å². The lowest BCUT2D eigenvalue weighted by Crippen LogP contribution is -2.60. The molecule has 1 amide bonds. The second-order valence-corrected chi connectivity index (χ2v) is 8.17. The number of rotatable bonds is 4. The SMILES string of the molecule is O=C(NC1(C(=O)O)CCN2CCCC21)OCC1c2ccccc2-c2ccccc21. The maximum Gasteiger partial charge on any atom is 0.408 e. The minimum absolute atomic E-state index is 0.0412. The van der Waals surface area contributed by atoms with E-state index < -0.39 is 17.6 Å².